The van der Waals surface area contributed by atoms with Gasteiger partial charge in [-0.1, -0.05) is 12.7 Å². The zero-order valence-electron chi connectivity index (χ0n) is 13.3. The van der Waals surface area contributed by atoms with Gasteiger partial charge < -0.3 is 9.30 Å². The molecule has 0 unspecified atom stereocenters. The Labute approximate surface area is 144 Å². The molecular formula is C18H19BrN2O2. The number of hydrogen-bond acceptors (Lipinski definition) is 3. The molecule has 2 aromatic heterocycles. The van der Waals surface area contributed by atoms with E-state index in [1.54, 1.807) is 12.4 Å². The number of halogens is 1. The number of carbonyl (C=O) groups is 1. The molecule has 0 radical (unpaired) electrons. The number of carbonyl (C=O) groups excluding carboxylic acids is 1. The van der Waals surface area contributed by atoms with E-state index in [9.17, 15) is 4.79 Å². The molecule has 0 aliphatic rings. The lowest BCUT2D eigenvalue weighted by Gasteiger charge is -2.09. The Morgan fingerprint density at radius 2 is 2.09 bits per heavy atom. The van der Waals surface area contributed by atoms with Crippen LogP contribution in [0.5, 0.6) is 0 Å². The minimum absolute atomic E-state index is 0.381. The molecule has 0 saturated carbocycles. The van der Waals surface area contributed by atoms with Crippen molar-refractivity contribution in [1.82, 2.24) is 9.55 Å². The second-order valence-electron chi connectivity index (χ2n) is 5.13. The van der Waals surface area contributed by atoms with Gasteiger partial charge in [0.25, 0.3) is 0 Å². The van der Waals surface area contributed by atoms with E-state index in [-0.39, 0.29) is 5.97 Å². The number of nitrogens with zero attached hydrogens (tertiary/aromatic N) is 2. The highest BCUT2D eigenvalue weighted by atomic mass is 79.9. The van der Waals surface area contributed by atoms with Crippen LogP contribution in [0.2, 0.25) is 0 Å². The highest BCUT2D eigenvalue weighted by Gasteiger charge is 2.27. The van der Waals surface area contributed by atoms with Crippen LogP contribution in [0.1, 0.15) is 29.4 Å². The van der Waals surface area contributed by atoms with Crippen LogP contribution < -0.4 is 0 Å². The smallest absolute Gasteiger partial charge is 0.355 e. The van der Waals surface area contributed by atoms with Crippen molar-refractivity contribution in [2.75, 3.05) is 7.11 Å². The van der Waals surface area contributed by atoms with Gasteiger partial charge in [-0.2, -0.15) is 0 Å². The Hall–Kier alpha value is -2.14. The van der Waals surface area contributed by atoms with E-state index < -0.39 is 0 Å². The molecule has 0 saturated heterocycles. The molecule has 2 aromatic rings. The highest BCUT2D eigenvalue weighted by Crippen LogP contribution is 2.40. The van der Waals surface area contributed by atoms with Crippen LogP contribution in [0.4, 0.5) is 0 Å². The lowest BCUT2D eigenvalue weighted by atomic mass is 9.99. The molecule has 0 atom stereocenters. The van der Waals surface area contributed by atoms with Crippen molar-refractivity contribution in [3.63, 3.8) is 0 Å². The van der Waals surface area contributed by atoms with Crippen molar-refractivity contribution < 1.29 is 9.53 Å². The number of aromatic nitrogens is 2. The molecule has 0 aromatic carbocycles. The predicted molar refractivity (Wildman–Crippen MR) is 96.2 cm³/mol. The van der Waals surface area contributed by atoms with E-state index in [2.05, 4.69) is 34.1 Å². The molecule has 120 valence electrons. The van der Waals surface area contributed by atoms with Crippen molar-refractivity contribution in [3.05, 3.63) is 59.6 Å². The van der Waals surface area contributed by atoms with E-state index in [0.717, 1.165) is 33.3 Å². The zero-order valence-corrected chi connectivity index (χ0v) is 14.9. The Morgan fingerprint density at radius 1 is 1.43 bits per heavy atom. The summed E-state index contributed by atoms with van der Waals surface area (Å²) in [7, 11) is 1.38. The molecule has 23 heavy (non-hydrogen) atoms. The quantitative estimate of drug-likeness (QED) is 0.543. The fraction of sp³-hybridized carbons (Fsp3) is 0.222. The summed E-state index contributed by atoms with van der Waals surface area (Å²) < 4.78 is 7.73. The average Bonchev–Trinajstić information content (AvgIpc) is 2.85. The predicted octanol–water partition coefficient (Wildman–Crippen LogP) is 4.71. The van der Waals surface area contributed by atoms with Gasteiger partial charge in [0.05, 0.1) is 11.7 Å². The summed E-state index contributed by atoms with van der Waals surface area (Å²) in [6.07, 6.45) is 6.01. The summed E-state index contributed by atoms with van der Waals surface area (Å²) in [5.41, 5.74) is 3.98. The summed E-state index contributed by atoms with van der Waals surface area (Å²) in [6, 6.07) is 3.82. The lowest BCUT2D eigenvalue weighted by Crippen LogP contribution is -2.12. The molecule has 4 nitrogen and oxygen atoms in total. The van der Waals surface area contributed by atoms with E-state index in [0.29, 0.717) is 12.2 Å². The van der Waals surface area contributed by atoms with Crippen molar-refractivity contribution in [3.8, 4) is 11.1 Å². The first-order valence-corrected chi connectivity index (χ1v) is 7.99. The lowest BCUT2D eigenvalue weighted by molar-refractivity contribution is 0.0587. The fourth-order valence-corrected chi connectivity index (χ4v) is 3.31. The van der Waals surface area contributed by atoms with Gasteiger partial charge in [0, 0.05) is 30.1 Å². The van der Waals surface area contributed by atoms with Crippen LogP contribution in [0.25, 0.3) is 16.7 Å². The van der Waals surface area contributed by atoms with Gasteiger partial charge in [0.1, 0.15) is 5.69 Å². The first-order valence-electron chi connectivity index (χ1n) is 7.20. The van der Waals surface area contributed by atoms with Gasteiger partial charge in [0.15, 0.2) is 0 Å². The molecular weight excluding hydrogens is 356 g/mol. The zero-order chi connectivity index (χ0) is 17.0. The van der Waals surface area contributed by atoms with Crippen LogP contribution in [0.15, 0.2) is 48.4 Å². The average molecular weight is 375 g/mol. The van der Waals surface area contributed by atoms with E-state index in [1.807, 2.05) is 29.7 Å². The summed E-state index contributed by atoms with van der Waals surface area (Å²) >= 11 is 3.65. The molecule has 0 aliphatic carbocycles. The second kappa shape index (κ2) is 7.42. The van der Waals surface area contributed by atoms with Crippen molar-refractivity contribution in [1.29, 1.82) is 0 Å². The largest absolute Gasteiger partial charge is 0.464 e. The molecule has 0 fully saturated rings. The Balaban J connectivity index is 2.80. The number of esters is 1. The Morgan fingerprint density at radius 3 is 2.61 bits per heavy atom. The third kappa shape index (κ3) is 3.29. The van der Waals surface area contributed by atoms with Gasteiger partial charge in [-0.05, 0) is 52.5 Å². The van der Waals surface area contributed by atoms with Gasteiger partial charge in [-0.3, -0.25) is 4.98 Å². The monoisotopic (exact) mass is 374 g/mol. The molecule has 0 spiro atoms. The number of allylic oxidation sites excluding steroid dienone is 2. The number of methoxy groups -OCH3 is 1. The van der Waals surface area contributed by atoms with Crippen LogP contribution in [-0.2, 0) is 11.3 Å². The van der Waals surface area contributed by atoms with Crippen LogP contribution in [0, 0.1) is 0 Å². The normalized spacial score (nSPS) is 10.4. The number of ether oxygens (including phenoxy) is 1. The molecule has 0 bridgehead atoms. The maximum Gasteiger partial charge on any atom is 0.355 e. The maximum atomic E-state index is 12.4. The molecule has 0 aliphatic heterocycles. The van der Waals surface area contributed by atoms with Gasteiger partial charge in [0.2, 0.25) is 0 Å². The molecule has 5 heteroatoms. The van der Waals surface area contributed by atoms with E-state index in [1.165, 1.54) is 7.11 Å². The summed E-state index contributed by atoms with van der Waals surface area (Å²) in [5, 5.41) is 0. The third-order valence-electron chi connectivity index (χ3n) is 3.53. The number of pyridine rings is 1. The van der Waals surface area contributed by atoms with Crippen molar-refractivity contribution in [2.45, 2.75) is 19.9 Å². The third-order valence-corrected chi connectivity index (χ3v) is 4.36. The number of hydrogen-bond donors (Lipinski definition) is 0. The molecule has 2 rings (SSSR count). The van der Waals surface area contributed by atoms with Crippen LogP contribution in [-0.4, -0.2) is 22.6 Å². The molecule has 2 heterocycles. The van der Waals surface area contributed by atoms with E-state index in [4.69, 9.17) is 4.74 Å². The van der Waals surface area contributed by atoms with Crippen LogP contribution >= 0.6 is 15.9 Å². The summed E-state index contributed by atoms with van der Waals surface area (Å²) in [4.78, 5) is 16.4. The SMILES string of the molecule is C=CCCn1c(Br)c(-c2ccncc2)c(C(=C)C)c1C(=O)OC. The first kappa shape index (κ1) is 17.2. The molecule has 0 amide bonds. The van der Waals surface area contributed by atoms with Crippen LogP contribution in [0.3, 0.4) is 0 Å². The Bertz CT molecular complexity index is 748. The first-order chi connectivity index (χ1) is 11.0. The van der Waals surface area contributed by atoms with Crippen molar-refractivity contribution >= 4 is 27.5 Å². The standard InChI is InChI=1S/C18H19BrN2O2/c1-5-6-11-21-16(18(22)23-4)14(12(2)3)15(17(21)19)13-7-9-20-10-8-13/h5,7-10H,1-2,6,11H2,3-4H3. The highest BCUT2D eigenvalue weighted by molar-refractivity contribution is 9.10. The van der Waals surface area contributed by atoms with Gasteiger partial charge in [-0.25, -0.2) is 4.79 Å². The topological polar surface area (TPSA) is 44.1 Å². The minimum atomic E-state index is -0.381. The number of rotatable bonds is 6. The molecule has 0 N–H and O–H groups in total. The van der Waals surface area contributed by atoms with Gasteiger partial charge >= 0.3 is 5.97 Å². The summed E-state index contributed by atoms with van der Waals surface area (Å²) in [6.45, 7) is 10.3. The fourth-order valence-electron chi connectivity index (χ4n) is 2.53. The summed E-state index contributed by atoms with van der Waals surface area (Å²) in [5.74, 6) is -0.381. The van der Waals surface area contributed by atoms with Crippen molar-refractivity contribution in [2.24, 2.45) is 0 Å². The second-order valence-corrected chi connectivity index (χ2v) is 5.88. The van der Waals surface area contributed by atoms with Gasteiger partial charge in [-0.15, -0.1) is 6.58 Å². The maximum absolute atomic E-state index is 12.4. The minimum Gasteiger partial charge on any atom is -0.464 e. The van der Waals surface area contributed by atoms with E-state index >= 15 is 0 Å². The Kier molecular flexibility index (Phi) is 5.55.